The van der Waals surface area contributed by atoms with Gasteiger partial charge in [0.05, 0.1) is 13.7 Å². The Kier molecular flexibility index (Phi) is 6.43. The average molecular weight is 379 g/mol. The molecule has 0 spiro atoms. The Labute approximate surface area is 158 Å². The van der Waals surface area contributed by atoms with Crippen molar-refractivity contribution < 1.29 is 23.2 Å². The fourth-order valence-corrected chi connectivity index (χ4v) is 2.64. The Hall–Kier alpha value is -2.61. The predicted octanol–water partition coefficient (Wildman–Crippen LogP) is 2.96. The topological polar surface area (TPSA) is 76.8 Å². The van der Waals surface area contributed by atoms with E-state index < -0.39 is 5.82 Å². The number of anilines is 1. The van der Waals surface area contributed by atoms with Gasteiger partial charge in [0.1, 0.15) is 5.56 Å². The van der Waals surface area contributed by atoms with Gasteiger partial charge in [0.15, 0.2) is 23.1 Å². The number of hydrogen-bond donors (Lipinski definition) is 1. The molecule has 0 aliphatic rings. The molecule has 2 rings (SSSR count). The van der Waals surface area contributed by atoms with Crippen LogP contribution in [0.25, 0.3) is 11.3 Å². The first-order valence-electron chi connectivity index (χ1n) is 8.48. The summed E-state index contributed by atoms with van der Waals surface area (Å²) in [6.07, 6.45) is 0. The molecule has 0 aliphatic carbocycles. The molecule has 1 heterocycles. The van der Waals surface area contributed by atoms with E-state index in [4.69, 9.17) is 14.0 Å². The second-order valence-electron chi connectivity index (χ2n) is 7.23. The van der Waals surface area contributed by atoms with E-state index in [9.17, 15) is 9.18 Å². The van der Waals surface area contributed by atoms with Crippen LogP contribution < -0.4 is 15.0 Å². The Morgan fingerprint density at radius 3 is 2.63 bits per heavy atom. The highest BCUT2D eigenvalue weighted by atomic mass is 19.1. The van der Waals surface area contributed by atoms with Crippen LogP contribution >= 0.6 is 0 Å². The third kappa shape index (κ3) is 4.77. The predicted molar refractivity (Wildman–Crippen MR) is 101 cm³/mol. The number of rotatable bonds is 8. The zero-order valence-corrected chi connectivity index (χ0v) is 16.6. The molecule has 7 nitrogen and oxygen atoms in total. The molecule has 1 amide bonds. The molecule has 0 unspecified atom stereocenters. The van der Waals surface area contributed by atoms with Gasteiger partial charge in [-0.05, 0) is 18.2 Å². The van der Waals surface area contributed by atoms with E-state index in [1.807, 2.05) is 13.8 Å². The van der Waals surface area contributed by atoms with Crippen LogP contribution in [-0.2, 0) is 4.74 Å². The summed E-state index contributed by atoms with van der Waals surface area (Å²) in [5.41, 5.74) is 0.538. The van der Waals surface area contributed by atoms with Crippen molar-refractivity contribution in [1.29, 1.82) is 0 Å². The Morgan fingerprint density at radius 2 is 2.04 bits per heavy atom. The molecular weight excluding hydrogens is 353 g/mol. The average Bonchev–Trinajstić information content (AvgIpc) is 3.05. The summed E-state index contributed by atoms with van der Waals surface area (Å²) >= 11 is 0. The maximum atomic E-state index is 13.7. The molecule has 0 atom stereocenters. The lowest BCUT2D eigenvalue weighted by Crippen LogP contribution is -2.37. The number of amides is 1. The van der Waals surface area contributed by atoms with Crippen molar-refractivity contribution in [2.24, 2.45) is 5.41 Å². The number of carbonyl (C=O) groups is 1. The molecule has 0 saturated heterocycles. The van der Waals surface area contributed by atoms with Crippen LogP contribution in [0.1, 0.15) is 24.2 Å². The molecule has 1 aromatic heterocycles. The van der Waals surface area contributed by atoms with Crippen LogP contribution in [0.4, 0.5) is 10.2 Å². The minimum atomic E-state index is -0.499. The second kappa shape index (κ2) is 8.39. The Morgan fingerprint density at radius 1 is 1.33 bits per heavy atom. The van der Waals surface area contributed by atoms with Crippen molar-refractivity contribution in [1.82, 2.24) is 10.5 Å². The van der Waals surface area contributed by atoms with Gasteiger partial charge < -0.3 is 24.2 Å². The summed E-state index contributed by atoms with van der Waals surface area (Å²) in [5.74, 6) is -0.138. The highest BCUT2D eigenvalue weighted by Crippen LogP contribution is 2.33. The zero-order valence-electron chi connectivity index (χ0n) is 16.6. The first kappa shape index (κ1) is 20.7. The number of nitrogens with one attached hydrogen (secondary N) is 1. The number of carbonyl (C=O) groups excluding carboxylic acids is 1. The maximum absolute atomic E-state index is 13.7. The quantitative estimate of drug-likeness (QED) is 0.760. The number of ether oxygens (including phenoxy) is 2. The number of methoxy groups -OCH3 is 2. The lowest BCUT2D eigenvalue weighted by molar-refractivity contribution is 0.0847. The van der Waals surface area contributed by atoms with Gasteiger partial charge in [-0.15, -0.1) is 0 Å². The van der Waals surface area contributed by atoms with E-state index in [-0.39, 0.29) is 28.4 Å². The molecule has 2 aromatic rings. The van der Waals surface area contributed by atoms with E-state index in [0.29, 0.717) is 24.5 Å². The van der Waals surface area contributed by atoms with Gasteiger partial charge in [-0.3, -0.25) is 4.79 Å². The van der Waals surface area contributed by atoms with Crippen LogP contribution in [0.15, 0.2) is 22.7 Å². The van der Waals surface area contributed by atoms with Crippen LogP contribution in [0.3, 0.4) is 0 Å². The Bertz CT molecular complexity index is 802. The summed E-state index contributed by atoms with van der Waals surface area (Å²) in [6.45, 7) is 4.88. The highest BCUT2D eigenvalue weighted by Gasteiger charge is 2.28. The molecule has 0 fully saturated rings. The molecule has 1 N–H and O–H groups in total. The number of nitrogens with zero attached hydrogens (tertiary/aromatic N) is 2. The summed E-state index contributed by atoms with van der Waals surface area (Å²) in [7, 11) is 6.52. The molecule has 1 aromatic carbocycles. The van der Waals surface area contributed by atoms with Crippen LogP contribution in [0.2, 0.25) is 0 Å². The summed E-state index contributed by atoms with van der Waals surface area (Å²) in [4.78, 5) is 14.6. The van der Waals surface area contributed by atoms with E-state index >= 15 is 0 Å². The van der Waals surface area contributed by atoms with Crippen molar-refractivity contribution in [2.75, 3.05) is 46.4 Å². The third-order valence-corrected chi connectivity index (χ3v) is 4.00. The molecule has 0 radical (unpaired) electrons. The first-order valence-corrected chi connectivity index (χ1v) is 8.48. The molecule has 0 saturated carbocycles. The molecular formula is C19H26FN3O4. The molecule has 0 aliphatic heterocycles. The minimum absolute atomic E-state index is 0.0582. The lowest BCUT2D eigenvalue weighted by atomic mass is 9.94. The van der Waals surface area contributed by atoms with E-state index in [0.717, 1.165) is 0 Å². The van der Waals surface area contributed by atoms with Gasteiger partial charge in [0.2, 0.25) is 0 Å². The fraction of sp³-hybridized carbons (Fsp3) is 0.474. The first-order chi connectivity index (χ1) is 12.7. The number of benzene rings is 1. The number of hydrogen-bond acceptors (Lipinski definition) is 6. The van der Waals surface area contributed by atoms with Gasteiger partial charge in [-0.25, -0.2) is 4.39 Å². The number of halogens is 1. The van der Waals surface area contributed by atoms with Crippen LogP contribution in [0.5, 0.6) is 5.75 Å². The standard InChI is InChI=1S/C19H26FN3O4/c1-19(2,11-25-5)10-21-18(24)15-16(27-22-17(15)23(3)4)12-7-8-13(20)14(9-12)26-6/h7-9H,10-11H2,1-6H3,(H,21,24). The summed E-state index contributed by atoms with van der Waals surface area (Å²) < 4.78 is 29.4. The fourth-order valence-electron chi connectivity index (χ4n) is 2.64. The zero-order chi connectivity index (χ0) is 20.2. The monoisotopic (exact) mass is 379 g/mol. The molecule has 27 heavy (non-hydrogen) atoms. The SMILES string of the molecule is COCC(C)(C)CNC(=O)c1c(N(C)C)noc1-c1ccc(F)c(OC)c1. The van der Waals surface area contributed by atoms with Crippen molar-refractivity contribution in [3.63, 3.8) is 0 Å². The Balaban J connectivity index is 2.40. The maximum Gasteiger partial charge on any atom is 0.259 e. The highest BCUT2D eigenvalue weighted by molar-refractivity contribution is 6.04. The van der Waals surface area contributed by atoms with Gasteiger partial charge in [0.25, 0.3) is 5.91 Å². The molecule has 148 valence electrons. The van der Waals surface area contributed by atoms with Gasteiger partial charge in [0, 0.05) is 38.7 Å². The lowest BCUT2D eigenvalue weighted by Gasteiger charge is -2.24. The van der Waals surface area contributed by atoms with Crippen LogP contribution in [0, 0.1) is 11.2 Å². The van der Waals surface area contributed by atoms with Gasteiger partial charge in [-0.2, -0.15) is 0 Å². The van der Waals surface area contributed by atoms with Gasteiger partial charge >= 0.3 is 0 Å². The normalized spacial score (nSPS) is 11.4. The smallest absolute Gasteiger partial charge is 0.259 e. The van der Waals surface area contributed by atoms with E-state index in [1.54, 1.807) is 26.1 Å². The number of aromatic nitrogens is 1. The van der Waals surface area contributed by atoms with E-state index in [2.05, 4.69) is 10.5 Å². The third-order valence-electron chi connectivity index (χ3n) is 4.00. The largest absolute Gasteiger partial charge is 0.494 e. The van der Waals surface area contributed by atoms with Gasteiger partial charge in [-0.1, -0.05) is 19.0 Å². The minimum Gasteiger partial charge on any atom is -0.494 e. The molecule has 8 heteroatoms. The molecule has 0 bridgehead atoms. The second-order valence-corrected chi connectivity index (χ2v) is 7.23. The van der Waals surface area contributed by atoms with Crippen molar-refractivity contribution >= 4 is 11.7 Å². The van der Waals surface area contributed by atoms with Crippen molar-refractivity contribution in [3.05, 3.63) is 29.6 Å². The van der Waals surface area contributed by atoms with Crippen molar-refractivity contribution in [3.8, 4) is 17.1 Å². The van der Waals surface area contributed by atoms with Crippen molar-refractivity contribution in [2.45, 2.75) is 13.8 Å². The summed E-state index contributed by atoms with van der Waals surface area (Å²) in [6, 6.07) is 4.25. The van der Waals surface area contributed by atoms with Crippen LogP contribution in [-0.4, -0.2) is 52.5 Å². The van der Waals surface area contributed by atoms with E-state index in [1.165, 1.54) is 25.3 Å². The summed E-state index contributed by atoms with van der Waals surface area (Å²) in [5, 5.41) is 6.91.